The molecule has 2 atom stereocenters. The molecule has 0 aliphatic heterocycles. The number of carbonyl (C=O) groups excluding carboxylic acids is 2. The molecule has 0 saturated heterocycles. The van der Waals surface area contributed by atoms with E-state index >= 15 is 0 Å². The van der Waals surface area contributed by atoms with Crippen molar-refractivity contribution in [2.75, 3.05) is 13.2 Å². The Morgan fingerprint density at radius 2 is 1.37 bits per heavy atom. The maximum atomic E-state index is 13.6. The zero-order chi connectivity index (χ0) is 25.4. The molecule has 0 amide bonds. The van der Waals surface area contributed by atoms with E-state index in [2.05, 4.69) is 13.8 Å². The lowest BCUT2D eigenvalue weighted by atomic mass is 9.66. The van der Waals surface area contributed by atoms with Crippen molar-refractivity contribution in [2.45, 2.75) is 52.6 Å². The lowest BCUT2D eigenvalue weighted by Crippen LogP contribution is -2.45. The number of benzene rings is 2. The van der Waals surface area contributed by atoms with E-state index in [0.29, 0.717) is 35.8 Å². The third kappa shape index (κ3) is 5.82. The topological polar surface area (TPSA) is 93.1 Å². The van der Waals surface area contributed by atoms with Gasteiger partial charge in [-0.15, -0.1) is 0 Å². The molecule has 35 heavy (non-hydrogen) atoms. The minimum absolute atomic E-state index is 0.138. The van der Waals surface area contributed by atoms with E-state index in [1.807, 2.05) is 0 Å². The van der Waals surface area contributed by atoms with Crippen LogP contribution in [-0.4, -0.2) is 41.1 Å². The Kier molecular flexibility index (Phi) is 8.88. The first-order chi connectivity index (χ1) is 16.8. The molecule has 6 nitrogen and oxygen atoms in total. The van der Waals surface area contributed by atoms with Crippen LogP contribution in [0.3, 0.4) is 0 Å². The standard InChI is InChI=1S/C29H34O6/c1-4-6-18-34-22-12-8-20(9-13-22)27(32)26-24(30)16-17-25(31)29(26,3)28(33)21-10-14-23(15-11-21)35-19-7-5-2/h8-17,25,31-32H,4-7,18-19H2,1-3H3. The summed E-state index contributed by atoms with van der Waals surface area (Å²) < 4.78 is 11.3. The van der Waals surface area contributed by atoms with Gasteiger partial charge in [0.05, 0.1) is 30.3 Å². The van der Waals surface area contributed by atoms with Crippen molar-refractivity contribution < 1.29 is 29.3 Å². The van der Waals surface area contributed by atoms with Crippen molar-refractivity contribution in [1.29, 1.82) is 0 Å². The Labute approximate surface area is 206 Å². The maximum Gasteiger partial charge on any atom is 0.186 e. The van der Waals surface area contributed by atoms with Gasteiger partial charge in [-0.3, -0.25) is 9.59 Å². The van der Waals surface area contributed by atoms with Crippen LogP contribution in [0.25, 0.3) is 5.76 Å². The molecule has 2 unspecified atom stereocenters. The third-order valence-electron chi connectivity index (χ3n) is 6.27. The molecule has 0 spiro atoms. The smallest absolute Gasteiger partial charge is 0.186 e. The zero-order valence-corrected chi connectivity index (χ0v) is 20.6. The van der Waals surface area contributed by atoms with Gasteiger partial charge in [0, 0.05) is 11.1 Å². The highest BCUT2D eigenvalue weighted by Gasteiger charge is 2.49. The summed E-state index contributed by atoms with van der Waals surface area (Å²) in [4.78, 5) is 26.6. The van der Waals surface area contributed by atoms with Crippen LogP contribution >= 0.6 is 0 Å². The molecule has 0 aromatic heterocycles. The van der Waals surface area contributed by atoms with Gasteiger partial charge in [0.1, 0.15) is 17.3 Å². The molecular formula is C29H34O6. The van der Waals surface area contributed by atoms with E-state index in [-0.39, 0.29) is 11.3 Å². The Hall–Kier alpha value is -3.38. The number of unbranched alkanes of at least 4 members (excludes halogenated alkanes) is 2. The molecule has 3 rings (SSSR count). The van der Waals surface area contributed by atoms with Crippen molar-refractivity contribution in [3.8, 4) is 11.5 Å². The van der Waals surface area contributed by atoms with Gasteiger partial charge in [-0.05, 0) is 74.4 Å². The van der Waals surface area contributed by atoms with Crippen LogP contribution < -0.4 is 9.47 Å². The number of hydrogen-bond acceptors (Lipinski definition) is 6. The van der Waals surface area contributed by atoms with Gasteiger partial charge < -0.3 is 19.7 Å². The molecule has 2 aromatic carbocycles. The highest BCUT2D eigenvalue weighted by atomic mass is 16.5. The van der Waals surface area contributed by atoms with Crippen molar-refractivity contribution in [1.82, 2.24) is 0 Å². The largest absolute Gasteiger partial charge is 0.507 e. The second kappa shape index (κ2) is 11.8. The minimum atomic E-state index is -1.67. The van der Waals surface area contributed by atoms with E-state index in [9.17, 15) is 19.8 Å². The SMILES string of the molecule is CCCCOc1ccc(C(=O)C2(C)C(=C(O)c3ccc(OCCCC)cc3)C(=O)C=CC2O)cc1. The van der Waals surface area contributed by atoms with Crippen molar-refractivity contribution in [3.63, 3.8) is 0 Å². The Morgan fingerprint density at radius 1 is 0.886 bits per heavy atom. The first kappa shape index (κ1) is 26.2. The van der Waals surface area contributed by atoms with Crippen LogP contribution in [-0.2, 0) is 4.79 Å². The number of aliphatic hydroxyl groups is 2. The quantitative estimate of drug-likeness (QED) is 0.186. The fourth-order valence-corrected chi connectivity index (χ4v) is 3.99. The lowest BCUT2D eigenvalue weighted by molar-refractivity contribution is -0.113. The number of ether oxygens (including phenoxy) is 2. The summed E-state index contributed by atoms with van der Waals surface area (Å²) in [6.45, 7) is 6.82. The number of Topliss-reactive ketones (excluding diaryl/α,β-unsaturated/α-hetero) is 1. The van der Waals surface area contributed by atoms with E-state index in [1.54, 1.807) is 48.5 Å². The normalized spacial score (nSPS) is 21.0. The summed E-state index contributed by atoms with van der Waals surface area (Å²) in [6, 6.07) is 13.3. The average Bonchev–Trinajstić information content (AvgIpc) is 2.87. The van der Waals surface area contributed by atoms with Crippen LogP contribution in [0.15, 0.2) is 66.3 Å². The molecule has 0 radical (unpaired) electrons. The molecule has 1 aliphatic rings. The second-order valence-corrected chi connectivity index (χ2v) is 8.88. The number of carbonyl (C=O) groups is 2. The highest BCUT2D eigenvalue weighted by molar-refractivity contribution is 6.18. The van der Waals surface area contributed by atoms with Crippen LogP contribution in [0, 0.1) is 5.41 Å². The van der Waals surface area contributed by atoms with Crippen LogP contribution in [0.4, 0.5) is 0 Å². The number of aliphatic hydroxyl groups excluding tert-OH is 2. The molecule has 0 bridgehead atoms. The molecule has 2 aromatic rings. The van der Waals surface area contributed by atoms with E-state index < -0.39 is 23.1 Å². The summed E-state index contributed by atoms with van der Waals surface area (Å²) in [5, 5.41) is 22.0. The number of allylic oxidation sites excluding steroid dienone is 1. The van der Waals surface area contributed by atoms with Crippen molar-refractivity contribution >= 4 is 17.3 Å². The van der Waals surface area contributed by atoms with Gasteiger partial charge in [0.2, 0.25) is 0 Å². The second-order valence-electron chi connectivity index (χ2n) is 8.88. The molecule has 186 valence electrons. The summed E-state index contributed by atoms with van der Waals surface area (Å²) in [7, 11) is 0. The first-order valence-electron chi connectivity index (χ1n) is 12.2. The molecule has 6 heteroatoms. The minimum Gasteiger partial charge on any atom is -0.507 e. The fraction of sp³-hybridized carbons (Fsp3) is 0.379. The highest BCUT2D eigenvalue weighted by Crippen LogP contribution is 2.42. The molecule has 0 saturated carbocycles. The van der Waals surface area contributed by atoms with Crippen LogP contribution in [0.1, 0.15) is 62.4 Å². The van der Waals surface area contributed by atoms with E-state index in [0.717, 1.165) is 25.7 Å². The van der Waals surface area contributed by atoms with Gasteiger partial charge in [0.15, 0.2) is 11.6 Å². The number of rotatable bonds is 11. The van der Waals surface area contributed by atoms with E-state index in [1.165, 1.54) is 19.1 Å². The van der Waals surface area contributed by atoms with Crippen LogP contribution in [0.2, 0.25) is 0 Å². The van der Waals surface area contributed by atoms with Gasteiger partial charge >= 0.3 is 0 Å². The van der Waals surface area contributed by atoms with Gasteiger partial charge in [-0.25, -0.2) is 0 Å². The summed E-state index contributed by atoms with van der Waals surface area (Å²) >= 11 is 0. The average molecular weight is 479 g/mol. The maximum absolute atomic E-state index is 13.6. The van der Waals surface area contributed by atoms with Gasteiger partial charge in [-0.2, -0.15) is 0 Å². The molecule has 1 aliphatic carbocycles. The lowest BCUT2D eigenvalue weighted by Gasteiger charge is -2.36. The van der Waals surface area contributed by atoms with Crippen molar-refractivity contribution in [2.24, 2.45) is 5.41 Å². The fourth-order valence-electron chi connectivity index (χ4n) is 3.99. The number of ketones is 2. The predicted octanol–water partition coefficient (Wildman–Crippen LogP) is 5.70. The third-order valence-corrected chi connectivity index (χ3v) is 6.27. The van der Waals surface area contributed by atoms with Crippen LogP contribution in [0.5, 0.6) is 11.5 Å². The Morgan fingerprint density at radius 3 is 1.86 bits per heavy atom. The van der Waals surface area contributed by atoms with Gasteiger partial charge in [0.25, 0.3) is 0 Å². The van der Waals surface area contributed by atoms with Crippen molar-refractivity contribution in [3.05, 3.63) is 77.4 Å². The first-order valence-corrected chi connectivity index (χ1v) is 12.2. The Balaban J connectivity index is 1.93. The van der Waals surface area contributed by atoms with E-state index in [4.69, 9.17) is 9.47 Å². The molecule has 2 N–H and O–H groups in total. The summed E-state index contributed by atoms with van der Waals surface area (Å²) in [5.74, 6) is -0.0423. The molecule has 0 heterocycles. The monoisotopic (exact) mass is 478 g/mol. The zero-order valence-electron chi connectivity index (χ0n) is 20.6. The number of hydrogen-bond donors (Lipinski definition) is 2. The van der Waals surface area contributed by atoms with Gasteiger partial charge in [-0.1, -0.05) is 32.8 Å². The summed E-state index contributed by atoms with van der Waals surface area (Å²) in [6.07, 6.45) is 5.09. The molecule has 0 fully saturated rings. The molecular weight excluding hydrogens is 444 g/mol. The summed E-state index contributed by atoms with van der Waals surface area (Å²) in [5.41, 5.74) is -1.14. The Bertz CT molecular complexity index is 1080. The predicted molar refractivity (Wildman–Crippen MR) is 136 cm³/mol.